The normalized spacial score (nSPS) is 20.1. The van der Waals surface area contributed by atoms with Crippen LogP contribution >= 0.6 is 0 Å². The Morgan fingerprint density at radius 1 is 1.04 bits per heavy atom. The quantitative estimate of drug-likeness (QED) is 0.787. The van der Waals surface area contributed by atoms with E-state index in [0.29, 0.717) is 38.3 Å². The average molecular weight is 381 g/mol. The molecule has 3 rings (SSSR count). The summed E-state index contributed by atoms with van der Waals surface area (Å²) < 4.78 is 32.5. The molecule has 0 bridgehead atoms. The lowest BCUT2D eigenvalue weighted by Gasteiger charge is -2.35. The number of benzene rings is 1. The number of carbonyl (C=O) groups is 1. The Morgan fingerprint density at radius 3 is 2.23 bits per heavy atom. The van der Waals surface area contributed by atoms with Crippen molar-refractivity contribution in [3.8, 4) is 5.75 Å². The van der Waals surface area contributed by atoms with E-state index in [-0.39, 0.29) is 16.7 Å². The van der Waals surface area contributed by atoms with Crippen LogP contribution in [0.3, 0.4) is 0 Å². The fraction of sp³-hybridized carbons (Fsp3) is 0.632. The van der Waals surface area contributed by atoms with Crippen LogP contribution in [0.15, 0.2) is 29.2 Å². The van der Waals surface area contributed by atoms with E-state index in [1.165, 1.54) is 10.7 Å². The minimum Gasteiger partial charge on any atom is -0.494 e. The van der Waals surface area contributed by atoms with Crippen LogP contribution in [-0.4, -0.2) is 56.3 Å². The summed E-state index contributed by atoms with van der Waals surface area (Å²) in [7, 11) is -3.51. The first-order chi connectivity index (χ1) is 12.5. The smallest absolute Gasteiger partial charge is 0.243 e. The highest BCUT2D eigenvalue weighted by Crippen LogP contribution is 2.27. The molecule has 2 saturated heterocycles. The molecule has 6 nitrogen and oxygen atoms in total. The van der Waals surface area contributed by atoms with E-state index in [1.54, 1.807) is 24.3 Å². The van der Waals surface area contributed by atoms with E-state index in [2.05, 4.69) is 0 Å². The predicted octanol–water partition coefficient (Wildman–Crippen LogP) is 2.50. The van der Waals surface area contributed by atoms with Gasteiger partial charge in [-0.25, -0.2) is 8.42 Å². The second kappa shape index (κ2) is 8.39. The van der Waals surface area contributed by atoms with Gasteiger partial charge in [0, 0.05) is 32.1 Å². The molecule has 1 aromatic rings. The number of hydrogen-bond donors (Lipinski definition) is 0. The van der Waals surface area contributed by atoms with Crippen LogP contribution in [-0.2, 0) is 14.8 Å². The van der Waals surface area contributed by atoms with Gasteiger partial charge >= 0.3 is 0 Å². The molecule has 0 aromatic heterocycles. The first-order valence-corrected chi connectivity index (χ1v) is 11.0. The SMILES string of the molecule is CCOc1ccc(S(=O)(=O)N2CCC(C(=O)N3CCCCC3)CC2)cc1. The summed E-state index contributed by atoms with van der Waals surface area (Å²) in [6.07, 6.45) is 4.56. The summed E-state index contributed by atoms with van der Waals surface area (Å²) in [5.74, 6) is 0.833. The van der Waals surface area contributed by atoms with Gasteiger partial charge in [0.2, 0.25) is 15.9 Å². The number of likely N-dealkylation sites (tertiary alicyclic amines) is 1. The highest BCUT2D eigenvalue weighted by molar-refractivity contribution is 7.89. The van der Waals surface area contributed by atoms with Gasteiger partial charge in [0.05, 0.1) is 11.5 Å². The van der Waals surface area contributed by atoms with E-state index in [4.69, 9.17) is 4.74 Å². The summed E-state index contributed by atoms with van der Waals surface area (Å²) >= 11 is 0. The maximum absolute atomic E-state index is 12.8. The second-order valence-corrected chi connectivity index (χ2v) is 8.91. The second-order valence-electron chi connectivity index (χ2n) is 6.97. The summed E-state index contributed by atoms with van der Waals surface area (Å²) in [4.78, 5) is 14.9. The minimum atomic E-state index is -3.51. The number of ether oxygens (including phenoxy) is 1. The molecule has 0 spiro atoms. The average Bonchev–Trinajstić information content (AvgIpc) is 2.69. The van der Waals surface area contributed by atoms with Crippen molar-refractivity contribution in [3.05, 3.63) is 24.3 Å². The predicted molar refractivity (Wildman–Crippen MR) is 99.5 cm³/mol. The van der Waals surface area contributed by atoms with Crippen molar-refractivity contribution in [2.45, 2.75) is 43.9 Å². The summed E-state index contributed by atoms with van der Waals surface area (Å²) in [5, 5.41) is 0. The first-order valence-electron chi connectivity index (χ1n) is 9.54. The third-order valence-corrected chi connectivity index (χ3v) is 7.16. The molecule has 26 heavy (non-hydrogen) atoms. The first kappa shape index (κ1) is 19.2. The van der Waals surface area contributed by atoms with E-state index < -0.39 is 10.0 Å². The minimum absolute atomic E-state index is 0.0418. The molecule has 0 aliphatic carbocycles. The van der Waals surface area contributed by atoms with Crippen LogP contribution in [0.5, 0.6) is 5.75 Å². The summed E-state index contributed by atoms with van der Waals surface area (Å²) in [5.41, 5.74) is 0. The van der Waals surface area contributed by atoms with E-state index >= 15 is 0 Å². The van der Waals surface area contributed by atoms with Crippen LogP contribution in [0.25, 0.3) is 0 Å². The van der Waals surface area contributed by atoms with E-state index in [0.717, 1.165) is 25.9 Å². The van der Waals surface area contributed by atoms with Gasteiger partial charge in [0.25, 0.3) is 0 Å². The molecule has 0 atom stereocenters. The highest BCUT2D eigenvalue weighted by Gasteiger charge is 2.34. The third-order valence-electron chi connectivity index (χ3n) is 5.24. The van der Waals surface area contributed by atoms with E-state index in [1.807, 2.05) is 11.8 Å². The number of piperidine rings is 2. The highest BCUT2D eigenvalue weighted by atomic mass is 32.2. The molecule has 0 unspecified atom stereocenters. The van der Waals surface area contributed by atoms with Crippen molar-refractivity contribution < 1.29 is 17.9 Å². The van der Waals surface area contributed by atoms with Crippen LogP contribution in [0.4, 0.5) is 0 Å². The van der Waals surface area contributed by atoms with Crippen molar-refractivity contribution in [1.29, 1.82) is 0 Å². The molecule has 7 heteroatoms. The number of carbonyl (C=O) groups excluding carboxylic acids is 1. The molecule has 2 aliphatic heterocycles. The van der Waals surface area contributed by atoms with Gasteiger partial charge in [0.1, 0.15) is 5.75 Å². The van der Waals surface area contributed by atoms with Crippen LogP contribution in [0.2, 0.25) is 0 Å². The standard InChI is InChI=1S/C19H28N2O4S/c1-2-25-17-6-8-18(9-7-17)26(23,24)21-14-10-16(11-15-21)19(22)20-12-4-3-5-13-20/h6-9,16H,2-5,10-15H2,1H3. The zero-order chi connectivity index (χ0) is 18.6. The van der Waals surface area contributed by atoms with Gasteiger partial charge < -0.3 is 9.64 Å². The number of nitrogens with zero attached hydrogens (tertiary/aromatic N) is 2. The Bertz CT molecular complexity index is 704. The molecule has 2 fully saturated rings. The fourth-order valence-electron chi connectivity index (χ4n) is 3.74. The Hall–Kier alpha value is -1.60. The molecule has 0 saturated carbocycles. The molecule has 144 valence electrons. The van der Waals surface area contributed by atoms with Crippen molar-refractivity contribution in [2.24, 2.45) is 5.92 Å². The lowest BCUT2D eigenvalue weighted by Crippen LogP contribution is -2.45. The zero-order valence-corrected chi connectivity index (χ0v) is 16.2. The van der Waals surface area contributed by atoms with Crippen molar-refractivity contribution in [1.82, 2.24) is 9.21 Å². The zero-order valence-electron chi connectivity index (χ0n) is 15.4. The largest absolute Gasteiger partial charge is 0.494 e. The van der Waals surface area contributed by atoms with Crippen LogP contribution in [0, 0.1) is 5.92 Å². The monoisotopic (exact) mass is 380 g/mol. The molecular formula is C19H28N2O4S. The molecule has 1 aromatic carbocycles. The molecule has 1 amide bonds. The Morgan fingerprint density at radius 2 is 1.65 bits per heavy atom. The van der Waals surface area contributed by atoms with Gasteiger partial charge in [-0.2, -0.15) is 4.31 Å². The van der Waals surface area contributed by atoms with Gasteiger partial charge in [-0.15, -0.1) is 0 Å². The van der Waals surface area contributed by atoms with Gasteiger partial charge in [-0.3, -0.25) is 4.79 Å². The number of amides is 1. The maximum atomic E-state index is 12.8. The summed E-state index contributed by atoms with van der Waals surface area (Å²) in [6.45, 7) is 4.94. The number of rotatable bonds is 5. The lowest BCUT2D eigenvalue weighted by molar-refractivity contribution is -0.137. The Kier molecular flexibility index (Phi) is 6.19. The third kappa shape index (κ3) is 4.20. The van der Waals surface area contributed by atoms with Crippen molar-refractivity contribution in [3.63, 3.8) is 0 Å². The van der Waals surface area contributed by atoms with Gasteiger partial charge in [-0.1, -0.05) is 0 Å². The lowest BCUT2D eigenvalue weighted by atomic mass is 9.95. The van der Waals surface area contributed by atoms with Crippen molar-refractivity contribution in [2.75, 3.05) is 32.8 Å². The molecule has 2 heterocycles. The van der Waals surface area contributed by atoms with Gasteiger partial charge in [0.15, 0.2) is 0 Å². The number of hydrogen-bond acceptors (Lipinski definition) is 4. The molecule has 0 N–H and O–H groups in total. The molecule has 2 aliphatic rings. The topological polar surface area (TPSA) is 66.9 Å². The maximum Gasteiger partial charge on any atom is 0.243 e. The Labute approximate surface area is 156 Å². The summed E-state index contributed by atoms with van der Waals surface area (Å²) in [6, 6.07) is 6.54. The van der Waals surface area contributed by atoms with Crippen molar-refractivity contribution >= 4 is 15.9 Å². The van der Waals surface area contributed by atoms with Gasteiger partial charge in [-0.05, 0) is 63.3 Å². The van der Waals surface area contributed by atoms with Crippen LogP contribution < -0.4 is 4.74 Å². The Balaban J connectivity index is 1.60. The molecular weight excluding hydrogens is 352 g/mol. The van der Waals surface area contributed by atoms with E-state index in [9.17, 15) is 13.2 Å². The fourth-order valence-corrected chi connectivity index (χ4v) is 5.21. The number of sulfonamides is 1. The molecule has 0 radical (unpaired) electrons. The van der Waals surface area contributed by atoms with Crippen LogP contribution in [0.1, 0.15) is 39.0 Å².